The summed E-state index contributed by atoms with van der Waals surface area (Å²) in [7, 11) is 0. The fourth-order valence-electron chi connectivity index (χ4n) is 2.35. The third-order valence-electron chi connectivity index (χ3n) is 3.26. The Morgan fingerprint density at radius 3 is 2.82 bits per heavy atom. The number of benzene rings is 1. The maximum atomic E-state index is 5.97. The van der Waals surface area contributed by atoms with Gasteiger partial charge in [0.1, 0.15) is 0 Å². The fourth-order valence-corrected chi connectivity index (χ4v) is 3.52. The molecule has 0 aliphatic carbocycles. The zero-order chi connectivity index (χ0) is 12.3. The molecule has 0 amide bonds. The molecule has 1 saturated heterocycles. The van der Waals surface area contributed by atoms with Gasteiger partial charge in [-0.2, -0.15) is 11.8 Å². The topological polar surface area (TPSA) is 29.3 Å². The van der Waals surface area contributed by atoms with Crippen molar-refractivity contribution in [3.8, 4) is 0 Å². The van der Waals surface area contributed by atoms with Gasteiger partial charge >= 0.3 is 0 Å². The highest BCUT2D eigenvalue weighted by Gasteiger charge is 2.26. The number of hydrogen-bond donors (Lipinski definition) is 1. The molecule has 1 fully saturated rings. The second-order valence-corrected chi connectivity index (χ2v) is 7.14. The van der Waals surface area contributed by atoms with Crippen molar-refractivity contribution in [2.75, 3.05) is 31.1 Å². The number of nitrogens with zero attached hydrogens (tertiary/aromatic N) is 1. The van der Waals surface area contributed by atoms with Gasteiger partial charge in [-0.05, 0) is 31.9 Å². The van der Waals surface area contributed by atoms with E-state index in [2.05, 4.69) is 42.6 Å². The molecule has 0 radical (unpaired) electrons. The molecule has 2 nitrogen and oxygen atoms in total. The van der Waals surface area contributed by atoms with Gasteiger partial charge in [-0.15, -0.1) is 0 Å². The summed E-state index contributed by atoms with van der Waals surface area (Å²) in [4.78, 5) is 2.56. The number of hydrogen-bond acceptors (Lipinski definition) is 3. The lowest BCUT2D eigenvalue weighted by Crippen LogP contribution is -2.43. The molecular formula is C14H22N2S. The van der Waals surface area contributed by atoms with Crippen LogP contribution in [0.3, 0.4) is 0 Å². The van der Waals surface area contributed by atoms with Crippen molar-refractivity contribution >= 4 is 17.4 Å². The molecule has 1 aliphatic rings. The summed E-state index contributed by atoms with van der Waals surface area (Å²) in [6.45, 7) is 8.19. The Labute approximate surface area is 109 Å². The number of nitrogen functional groups attached to an aromatic ring is 1. The van der Waals surface area contributed by atoms with Crippen LogP contribution in [0, 0.1) is 0 Å². The van der Waals surface area contributed by atoms with E-state index < -0.39 is 0 Å². The Morgan fingerprint density at radius 2 is 2.12 bits per heavy atom. The first-order valence-corrected chi connectivity index (χ1v) is 7.25. The fraction of sp³-hybridized carbons (Fsp3) is 0.571. The van der Waals surface area contributed by atoms with Crippen LogP contribution >= 0.6 is 11.8 Å². The Balaban J connectivity index is 1.88. The van der Waals surface area contributed by atoms with E-state index in [0.29, 0.717) is 4.75 Å². The van der Waals surface area contributed by atoms with Gasteiger partial charge in [0.2, 0.25) is 0 Å². The van der Waals surface area contributed by atoms with Crippen molar-refractivity contribution in [3.05, 3.63) is 29.8 Å². The lowest BCUT2D eigenvalue weighted by atomic mass is 10.1. The molecule has 1 aliphatic heterocycles. The molecule has 0 saturated carbocycles. The normalized spacial score (nSPS) is 20.4. The third-order valence-corrected chi connectivity index (χ3v) is 4.55. The molecular weight excluding hydrogens is 228 g/mol. The summed E-state index contributed by atoms with van der Waals surface area (Å²) in [5.74, 6) is 1.25. The van der Waals surface area contributed by atoms with E-state index in [0.717, 1.165) is 18.7 Å². The van der Waals surface area contributed by atoms with Gasteiger partial charge < -0.3 is 10.6 Å². The summed E-state index contributed by atoms with van der Waals surface area (Å²) in [6, 6.07) is 8.20. The van der Waals surface area contributed by atoms with Gasteiger partial charge in [-0.3, -0.25) is 0 Å². The first-order valence-electron chi connectivity index (χ1n) is 6.26. The molecule has 2 N–H and O–H groups in total. The summed E-state index contributed by atoms with van der Waals surface area (Å²) in [5, 5.41) is 0. The van der Waals surface area contributed by atoms with Crippen LogP contribution in [0.1, 0.15) is 19.4 Å². The molecule has 0 aromatic heterocycles. The van der Waals surface area contributed by atoms with E-state index in [4.69, 9.17) is 5.73 Å². The third kappa shape index (κ3) is 3.65. The van der Waals surface area contributed by atoms with E-state index in [1.165, 1.54) is 24.4 Å². The molecule has 3 heteroatoms. The van der Waals surface area contributed by atoms with Crippen LogP contribution < -0.4 is 5.73 Å². The molecule has 1 heterocycles. The predicted octanol–water partition coefficient (Wildman–Crippen LogP) is 2.64. The summed E-state index contributed by atoms with van der Waals surface area (Å²) < 4.78 is 0.403. The Morgan fingerprint density at radius 1 is 1.35 bits per heavy atom. The zero-order valence-corrected chi connectivity index (χ0v) is 11.6. The van der Waals surface area contributed by atoms with Gasteiger partial charge in [0.25, 0.3) is 0 Å². The summed E-state index contributed by atoms with van der Waals surface area (Å²) >= 11 is 2.08. The quantitative estimate of drug-likeness (QED) is 0.836. The lowest BCUT2D eigenvalue weighted by Gasteiger charge is -2.37. The minimum absolute atomic E-state index is 0.403. The molecule has 0 spiro atoms. The molecule has 1 aromatic carbocycles. The number of nitrogens with two attached hydrogens (primary N) is 1. The molecule has 1 aromatic rings. The monoisotopic (exact) mass is 250 g/mol. The first-order chi connectivity index (χ1) is 8.07. The molecule has 2 rings (SSSR count). The predicted molar refractivity (Wildman–Crippen MR) is 77.5 cm³/mol. The number of para-hydroxylation sites is 1. The van der Waals surface area contributed by atoms with Crippen LogP contribution in [0.15, 0.2) is 24.3 Å². The Bertz CT molecular complexity index is 376. The van der Waals surface area contributed by atoms with Gasteiger partial charge in [0.15, 0.2) is 0 Å². The molecule has 0 bridgehead atoms. The van der Waals surface area contributed by atoms with Crippen LogP contribution in [-0.2, 0) is 6.42 Å². The highest BCUT2D eigenvalue weighted by molar-refractivity contribution is 8.00. The average Bonchev–Trinajstić information content (AvgIpc) is 2.27. The Kier molecular flexibility index (Phi) is 4.00. The van der Waals surface area contributed by atoms with E-state index in [9.17, 15) is 0 Å². The van der Waals surface area contributed by atoms with E-state index in [-0.39, 0.29) is 0 Å². The lowest BCUT2D eigenvalue weighted by molar-refractivity contribution is 0.264. The van der Waals surface area contributed by atoms with Crippen LogP contribution in [0.4, 0.5) is 5.69 Å². The van der Waals surface area contributed by atoms with Crippen molar-refractivity contribution < 1.29 is 0 Å². The van der Waals surface area contributed by atoms with Gasteiger partial charge in [0, 0.05) is 35.8 Å². The van der Waals surface area contributed by atoms with Gasteiger partial charge in [-0.1, -0.05) is 18.2 Å². The maximum absolute atomic E-state index is 5.97. The van der Waals surface area contributed by atoms with Crippen LogP contribution in [-0.4, -0.2) is 35.0 Å². The van der Waals surface area contributed by atoms with Crippen molar-refractivity contribution in [1.29, 1.82) is 0 Å². The smallest absolute Gasteiger partial charge is 0.0347 e. The molecule has 17 heavy (non-hydrogen) atoms. The molecule has 0 atom stereocenters. The number of rotatable bonds is 3. The van der Waals surface area contributed by atoms with Gasteiger partial charge in [0.05, 0.1) is 0 Å². The minimum Gasteiger partial charge on any atom is -0.399 e. The highest BCUT2D eigenvalue weighted by atomic mass is 32.2. The maximum Gasteiger partial charge on any atom is 0.0347 e. The Hall–Kier alpha value is -0.670. The SMILES string of the molecule is CC1(C)CN(CCc2ccccc2N)CCS1. The van der Waals surface area contributed by atoms with Crippen molar-refractivity contribution in [2.45, 2.75) is 25.0 Å². The van der Waals surface area contributed by atoms with Gasteiger partial charge in [-0.25, -0.2) is 0 Å². The number of thioether (sulfide) groups is 1. The van der Waals surface area contributed by atoms with E-state index >= 15 is 0 Å². The van der Waals surface area contributed by atoms with Crippen LogP contribution in [0.5, 0.6) is 0 Å². The van der Waals surface area contributed by atoms with E-state index in [1.807, 2.05) is 12.1 Å². The average molecular weight is 250 g/mol. The standard InChI is InChI=1S/C14H22N2S/c1-14(2)11-16(9-10-17-14)8-7-12-5-3-4-6-13(12)15/h3-6H,7-11,15H2,1-2H3. The van der Waals surface area contributed by atoms with E-state index in [1.54, 1.807) is 0 Å². The summed E-state index contributed by atoms with van der Waals surface area (Å²) in [5.41, 5.74) is 8.18. The number of anilines is 1. The largest absolute Gasteiger partial charge is 0.399 e. The van der Waals surface area contributed by atoms with Crippen molar-refractivity contribution in [3.63, 3.8) is 0 Å². The second kappa shape index (κ2) is 5.32. The molecule has 0 unspecified atom stereocenters. The summed E-state index contributed by atoms with van der Waals surface area (Å²) in [6.07, 6.45) is 1.06. The zero-order valence-electron chi connectivity index (χ0n) is 10.8. The second-order valence-electron chi connectivity index (χ2n) is 5.33. The minimum atomic E-state index is 0.403. The van der Waals surface area contributed by atoms with Crippen LogP contribution in [0.2, 0.25) is 0 Å². The van der Waals surface area contributed by atoms with Crippen molar-refractivity contribution in [2.24, 2.45) is 0 Å². The molecule has 94 valence electrons. The van der Waals surface area contributed by atoms with Crippen molar-refractivity contribution in [1.82, 2.24) is 4.90 Å². The first kappa shape index (κ1) is 12.8. The van der Waals surface area contributed by atoms with Crippen LogP contribution in [0.25, 0.3) is 0 Å². The highest BCUT2D eigenvalue weighted by Crippen LogP contribution is 2.29.